The molecule has 16 heteroatoms. The molecule has 1 atom stereocenters. The van der Waals surface area contributed by atoms with E-state index >= 15 is 0 Å². The monoisotopic (exact) mass is 681 g/mol. The van der Waals surface area contributed by atoms with Crippen molar-refractivity contribution in [3.63, 3.8) is 0 Å². The predicted molar refractivity (Wildman–Crippen MR) is 184 cm³/mol. The highest BCUT2D eigenvalue weighted by Crippen LogP contribution is 2.34. The number of aromatic carboxylic acids is 1. The number of carboxylic acids is 1. The van der Waals surface area contributed by atoms with E-state index < -0.39 is 14.0 Å². The van der Waals surface area contributed by atoms with Gasteiger partial charge in [-0.2, -0.15) is 15.8 Å². The smallest absolute Gasteiger partial charge is 0.372 e. The maximum absolute atomic E-state index is 12.7. The Labute approximate surface area is 285 Å². The van der Waals surface area contributed by atoms with Gasteiger partial charge in [-0.1, -0.05) is 31.8 Å². The summed E-state index contributed by atoms with van der Waals surface area (Å²) in [4.78, 5) is 38.3. The molecular weight excluding hydrogens is 643 g/mol. The van der Waals surface area contributed by atoms with Crippen LogP contribution in [0.1, 0.15) is 75.4 Å². The molecule has 254 valence electrons. The number of allylic oxidation sites excluding steroid dienone is 2. The first-order chi connectivity index (χ1) is 23.5. The summed E-state index contributed by atoms with van der Waals surface area (Å²) in [7, 11) is -1.15. The van der Waals surface area contributed by atoms with E-state index in [1.807, 2.05) is 30.5 Å². The number of carbonyl (C=O) groups excluding carboxylic acids is 1. The molecule has 3 heterocycles. The largest absolute Gasteiger partial charge is 0.475 e. The fourth-order valence-electron chi connectivity index (χ4n) is 5.13. The summed E-state index contributed by atoms with van der Waals surface area (Å²) in [6.45, 7) is 8.67. The second-order valence-corrected chi connectivity index (χ2v) is 18.3. The van der Waals surface area contributed by atoms with Gasteiger partial charge in [-0.25, -0.2) is 14.8 Å². The van der Waals surface area contributed by atoms with Crippen molar-refractivity contribution in [2.75, 3.05) is 25.0 Å². The van der Waals surface area contributed by atoms with E-state index in [0.29, 0.717) is 25.7 Å². The summed E-state index contributed by atoms with van der Waals surface area (Å²) in [5.74, 6) is -0.950. The number of hydrogen-bond donors (Lipinski definition) is 5. The number of anilines is 1. The third kappa shape index (κ3) is 10.4. The van der Waals surface area contributed by atoms with Crippen molar-refractivity contribution in [3.05, 3.63) is 70.8 Å². The number of carbonyl (C=O) groups is 2. The highest BCUT2D eigenvalue weighted by atomic mass is 28.3. The molecule has 1 amide bonds. The standard InChI is InChI=1S/C22H22N8O.C11H17N3O3Si/c23-9-17-12-25-20(29-17)21(31)30-19-7-6-15(8-18(19)14-4-2-1-3-5-14)16-10-26-22(27-11-16)28-13-24;1-18(2,3)5-4-17-8-14-7-9(6-12)13-10(14)11(15)16/h4,6-8,12,16H,1-3,5,10-11H2,(H,25,29)(H,30,31)(H2,26,27,28);7H,4-5,8H2,1-3H3,(H,15,16). The highest BCUT2D eigenvalue weighted by molar-refractivity contribution is 6.76. The van der Waals surface area contributed by atoms with Crippen LogP contribution in [-0.2, 0) is 11.5 Å². The third-order valence-electron chi connectivity index (χ3n) is 7.78. The van der Waals surface area contributed by atoms with Crippen LogP contribution in [0.15, 0.2) is 41.7 Å². The zero-order valence-corrected chi connectivity index (χ0v) is 28.7. The first-order valence-corrected chi connectivity index (χ1v) is 19.5. The number of carboxylic acid groups (broad SMARTS) is 1. The molecule has 2 aliphatic rings. The molecule has 15 nitrogen and oxygen atoms in total. The van der Waals surface area contributed by atoms with E-state index in [9.17, 15) is 9.59 Å². The number of amides is 1. The molecule has 1 unspecified atom stereocenters. The molecule has 2 aromatic heterocycles. The third-order valence-corrected chi connectivity index (χ3v) is 9.48. The number of ether oxygens (including phenoxy) is 1. The summed E-state index contributed by atoms with van der Waals surface area (Å²) in [6.07, 6.45) is 11.1. The molecule has 1 aliphatic carbocycles. The van der Waals surface area contributed by atoms with Gasteiger partial charge in [0.05, 0.1) is 12.7 Å². The highest BCUT2D eigenvalue weighted by Gasteiger charge is 2.21. The molecule has 5 N–H and O–H groups in total. The van der Waals surface area contributed by atoms with Gasteiger partial charge in [0.15, 0.2) is 17.7 Å². The molecular formula is C33H39N11O4Si. The lowest BCUT2D eigenvalue weighted by Crippen LogP contribution is -2.41. The number of H-pyrrole nitrogens is 1. The molecule has 0 fully saturated rings. The average molecular weight is 682 g/mol. The van der Waals surface area contributed by atoms with Crippen LogP contribution in [0.4, 0.5) is 5.69 Å². The second-order valence-electron chi connectivity index (χ2n) is 12.7. The number of rotatable bonds is 10. The number of imidazole rings is 2. The summed E-state index contributed by atoms with van der Waals surface area (Å²) < 4.78 is 6.77. The Bertz CT molecular complexity index is 1850. The van der Waals surface area contributed by atoms with Crippen LogP contribution in [0.25, 0.3) is 5.57 Å². The normalized spacial score (nSPS) is 15.5. The Balaban J connectivity index is 0.000000257. The Morgan fingerprint density at radius 1 is 1.18 bits per heavy atom. The molecule has 1 aliphatic heterocycles. The number of guanidine groups is 1. The predicted octanol–water partition coefficient (Wildman–Crippen LogP) is 4.37. The van der Waals surface area contributed by atoms with E-state index in [4.69, 9.17) is 25.6 Å². The van der Waals surface area contributed by atoms with Crippen molar-refractivity contribution in [1.29, 1.82) is 15.8 Å². The average Bonchev–Trinajstić information content (AvgIpc) is 3.76. The fraction of sp³-hybridized carbons (Fsp3) is 0.394. The first-order valence-electron chi connectivity index (χ1n) is 15.8. The van der Waals surface area contributed by atoms with E-state index in [1.165, 1.54) is 29.0 Å². The zero-order chi connectivity index (χ0) is 35.4. The van der Waals surface area contributed by atoms with Gasteiger partial charge in [-0.3, -0.25) is 15.1 Å². The van der Waals surface area contributed by atoms with Gasteiger partial charge in [0.25, 0.3) is 5.91 Å². The summed E-state index contributed by atoms with van der Waals surface area (Å²) in [5.41, 5.74) is 4.39. The van der Waals surface area contributed by atoms with E-state index in [2.05, 4.69) is 67.7 Å². The van der Waals surface area contributed by atoms with Gasteiger partial charge >= 0.3 is 5.97 Å². The maximum atomic E-state index is 12.7. The van der Waals surface area contributed by atoms with E-state index in [0.717, 1.165) is 42.1 Å². The SMILES string of the molecule is C[Si](C)(C)CCOCn1cc(C#N)nc1C(=O)O.N#CNC1=NCC(c2ccc(NC(=O)c3ncc(C#N)[nH]3)c(C3=CCCCC3)c2)CN1. The molecule has 5 rings (SSSR count). The number of aliphatic imine (C=N–C) groups is 1. The molecule has 0 spiro atoms. The maximum Gasteiger partial charge on any atom is 0.372 e. The van der Waals surface area contributed by atoms with Crippen LogP contribution < -0.4 is 16.0 Å². The first kappa shape index (κ1) is 36.1. The zero-order valence-electron chi connectivity index (χ0n) is 27.7. The summed E-state index contributed by atoms with van der Waals surface area (Å²) in [6, 6.07) is 10.8. The number of nitriles is 3. The van der Waals surface area contributed by atoms with Crippen molar-refractivity contribution < 1.29 is 19.4 Å². The van der Waals surface area contributed by atoms with Crippen LogP contribution in [0.2, 0.25) is 25.7 Å². The number of nitrogens with zero attached hydrogens (tertiary/aromatic N) is 7. The molecule has 1 aromatic carbocycles. The van der Waals surface area contributed by atoms with Crippen LogP contribution in [0.3, 0.4) is 0 Å². The lowest BCUT2D eigenvalue weighted by Gasteiger charge is -2.24. The summed E-state index contributed by atoms with van der Waals surface area (Å²) in [5, 5.41) is 43.9. The minimum atomic E-state index is -1.16. The quantitative estimate of drug-likeness (QED) is 0.0873. The molecule has 0 saturated carbocycles. The van der Waals surface area contributed by atoms with Gasteiger partial charge in [0.2, 0.25) is 11.8 Å². The number of benzene rings is 1. The van der Waals surface area contributed by atoms with Crippen LogP contribution in [0, 0.1) is 34.1 Å². The summed E-state index contributed by atoms with van der Waals surface area (Å²) >= 11 is 0. The van der Waals surface area contributed by atoms with Gasteiger partial charge in [0, 0.05) is 44.6 Å². The van der Waals surface area contributed by atoms with Gasteiger partial charge in [-0.05, 0) is 55.0 Å². The van der Waals surface area contributed by atoms with Crippen LogP contribution >= 0.6 is 0 Å². The Kier molecular flexibility index (Phi) is 12.4. The minimum Gasteiger partial charge on any atom is -0.475 e. The molecule has 0 saturated heterocycles. The molecule has 49 heavy (non-hydrogen) atoms. The van der Waals surface area contributed by atoms with E-state index in [-0.39, 0.29) is 41.6 Å². The number of hydrogen-bond acceptors (Lipinski definition) is 11. The lowest BCUT2D eigenvalue weighted by molar-refractivity contribution is 0.0613. The molecule has 3 aromatic rings. The van der Waals surface area contributed by atoms with Gasteiger partial charge < -0.3 is 30.0 Å². The number of nitrogens with one attached hydrogen (secondary N) is 4. The Hall–Kier alpha value is -5.76. The topological polar surface area (TPSA) is 230 Å². The second kappa shape index (κ2) is 16.9. The fourth-order valence-corrected chi connectivity index (χ4v) is 5.89. The van der Waals surface area contributed by atoms with Crippen molar-refractivity contribution >= 4 is 37.2 Å². The van der Waals surface area contributed by atoms with Crippen molar-refractivity contribution in [1.82, 2.24) is 30.2 Å². The minimum absolute atomic E-state index is 0.0844. The molecule has 0 radical (unpaired) electrons. The van der Waals surface area contributed by atoms with Gasteiger partial charge in [-0.15, -0.1) is 0 Å². The Morgan fingerprint density at radius 3 is 2.61 bits per heavy atom. The molecule has 0 bridgehead atoms. The number of aromatic amines is 1. The lowest BCUT2D eigenvalue weighted by atomic mass is 9.88. The number of aromatic nitrogens is 4. The Morgan fingerprint density at radius 2 is 2.00 bits per heavy atom. The van der Waals surface area contributed by atoms with Crippen LogP contribution in [-0.4, -0.2) is 70.2 Å². The van der Waals surface area contributed by atoms with Gasteiger partial charge in [0.1, 0.15) is 24.6 Å². The van der Waals surface area contributed by atoms with E-state index in [1.54, 1.807) is 0 Å². The van der Waals surface area contributed by atoms with Crippen molar-refractivity contribution in [3.8, 4) is 18.3 Å². The van der Waals surface area contributed by atoms with Crippen LogP contribution in [0.5, 0.6) is 0 Å². The van der Waals surface area contributed by atoms with Crippen molar-refractivity contribution in [2.24, 2.45) is 4.99 Å². The van der Waals surface area contributed by atoms with Crippen molar-refractivity contribution in [2.45, 2.75) is 64.0 Å².